The van der Waals surface area contributed by atoms with Crippen LogP contribution in [-0.2, 0) is 0 Å². The highest BCUT2D eigenvalue weighted by Crippen LogP contribution is 2.52. The molecule has 53 heavy (non-hydrogen) atoms. The smallest absolute Gasteiger partial charge is 0.135 e. The van der Waals surface area contributed by atoms with Crippen LogP contribution in [0.3, 0.4) is 0 Å². The Hall–Kier alpha value is -7.17. The molecule has 0 fully saturated rings. The van der Waals surface area contributed by atoms with Crippen LogP contribution < -0.4 is 4.90 Å². The van der Waals surface area contributed by atoms with Gasteiger partial charge in [0.15, 0.2) is 0 Å². The Balaban J connectivity index is 1.19. The maximum absolute atomic E-state index is 6.24. The van der Waals surface area contributed by atoms with E-state index in [2.05, 4.69) is 160 Å². The van der Waals surface area contributed by atoms with Crippen molar-refractivity contribution < 1.29 is 4.42 Å². The van der Waals surface area contributed by atoms with Crippen LogP contribution in [-0.4, -0.2) is 9.55 Å². The van der Waals surface area contributed by atoms with Crippen LogP contribution in [0.25, 0.3) is 93.2 Å². The van der Waals surface area contributed by atoms with Crippen molar-refractivity contribution in [1.29, 1.82) is 0 Å². The van der Waals surface area contributed by atoms with Gasteiger partial charge in [0.2, 0.25) is 0 Å². The Morgan fingerprint density at radius 1 is 0.453 bits per heavy atom. The van der Waals surface area contributed by atoms with E-state index < -0.39 is 0 Å². The first-order valence-electron chi connectivity index (χ1n) is 18.0. The van der Waals surface area contributed by atoms with Gasteiger partial charge in [-0.3, -0.25) is 4.98 Å². The van der Waals surface area contributed by atoms with E-state index in [1.165, 1.54) is 65.6 Å². The number of hydrogen-bond acceptors (Lipinski definition) is 3. The van der Waals surface area contributed by atoms with Crippen molar-refractivity contribution in [3.63, 3.8) is 0 Å². The molecular formula is C49H29N3O. The van der Waals surface area contributed by atoms with E-state index >= 15 is 0 Å². The number of fused-ring (bicyclic) bond motifs is 7. The van der Waals surface area contributed by atoms with Crippen molar-refractivity contribution >= 4 is 82.4 Å². The third-order valence-corrected chi connectivity index (χ3v) is 11.2. The van der Waals surface area contributed by atoms with E-state index in [0.717, 1.165) is 44.7 Å². The van der Waals surface area contributed by atoms with Crippen LogP contribution in [0.5, 0.6) is 0 Å². The molecule has 0 amide bonds. The van der Waals surface area contributed by atoms with Crippen LogP contribution in [0, 0.1) is 0 Å². The highest BCUT2D eigenvalue weighted by molar-refractivity contribution is 6.31. The Kier molecular flexibility index (Phi) is 5.74. The molecule has 8 aromatic carbocycles. The van der Waals surface area contributed by atoms with Crippen molar-refractivity contribution in [2.45, 2.75) is 0 Å². The summed E-state index contributed by atoms with van der Waals surface area (Å²) in [4.78, 5) is 6.94. The predicted octanol–water partition coefficient (Wildman–Crippen LogP) is 13.5. The first kappa shape index (κ1) is 28.5. The molecule has 1 aliphatic rings. The fourth-order valence-electron chi connectivity index (χ4n) is 8.96. The number of anilines is 3. The van der Waals surface area contributed by atoms with Gasteiger partial charge in [0.25, 0.3) is 0 Å². The van der Waals surface area contributed by atoms with Crippen LogP contribution >= 0.6 is 0 Å². The van der Waals surface area contributed by atoms with Gasteiger partial charge in [-0.1, -0.05) is 97.1 Å². The zero-order valence-electron chi connectivity index (χ0n) is 28.5. The van der Waals surface area contributed by atoms with Gasteiger partial charge < -0.3 is 13.9 Å². The lowest BCUT2D eigenvalue weighted by Crippen LogP contribution is -2.11. The second-order valence-corrected chi connectivity index (χ2v) is 14.0. The molecule has 0 saturated heterocycles. The number of furan rings is 1. The fourth-order valence-corrected chi connectivity index (χ4v) is 8.96. The zero-order chi connectivity index (χ0) is 34.6. The number of para-hydroxylation sites is 1. The van der Waals surface area contributed by atoms with E-state index in [9.17, 15) is 0 Å². The highest BCUT2D eigenvalue weighted by Gasteiger charge is 2.27. The molecule has 11 aromatic rings. The summed E-state index contributed by atoms with van der Waals surface area (Å²) >= 11 is 0. The molecule has 0 saturated carbocycles. The van der Waals surface area contributed by atoms with Crippen molar-refractivity contribution in [3.05, 3.63) is 176 Å². The molecule has 12 rings (SSSR count). The molecule has 0 unspecified atom stereocenters. The van der Waals surface area contributed by atoms with Gasteiger partial charge in [-0.05, 0) is 105 Å². The second-order valence-electron chi connectivity index (χ2n) is 14.0. The molecule has 0 spiro atoms. The minimum absolute atomic E-state index is 0.899. The standard InChI is InChI=1S/C49H29N3O/c1-2-13-35-30(10-1)11-7-18-42(35)51(33-12-9-25-50-29-33)34-26-31-21-23-44-49-47(31)41(28-34)37-15-4-3-14-36(37)39-17-8-19-43(48(39)49)52(44)32-22-24-46-40(27-32)38-16-5-6-20-45(38)53-46/h1-29H. The minimum Gasteiger partial charge on any atom is -0.456 e. The SMILES string of the molecule is c1cncc(N(c2cc3c4c(ccc5c4c4c(cccc4n5-c4ccc5oc6ccccc6c5c4)-c4ccccc4-3)c2)c2cccc3ccccc23)c1. The number of hydrogen-bond donors (Lipinski definition) is 0. The summed E-state index contributed by atoms with van der Waals surface area (Å²) in [7, 11) is 0. The van der Waals surface area contributed by atoms with Crippen molar-refractivity contribution in [2.24, 2.45) is 0 Å². The zero-order valence-corrected chi connectivity index (χ0v) is 28.5. The second kappa shape index (κ2) is 10.7. The van der Waals surface area contributed by atoms with Crippen LogP contribution in [0.4, 0.5) is 17.1 Å². The minimum atomic E-state index is 0.899. The van der Waals surface area contributed by atoms with Gasteiger partial charge >= 0.3 is 0 Å². The van der Waals surface area contributed by atoms with Gasteiger partial charge in [-0.15, -0.1) is 0 Å². The molecule has 0 N–H and O–H groups in total. The van der Waals surface area contributed by atoms with Crippen molar-refractivity contribution in [2.75, 3.05) is 4.90 Å². The van der Waals surface area contributed by atoms with Gasteiger partial charge in [-0.25, -0.2) is 0 Å². The third kappa shape index (κ3) is 3.98. The number of benzene rings is 8. The summed E-state index contributed by atoms with van der Waals surface area (Å²) in [6, 6.07) is 59.3. The molecule has 0 aliphatic heterocycles. The summed E-state index contributed by atoms with van der Waals surface area (Å²) in [6.45, 7) is 0. The molecule has 4 nitrogen and oxygen atoms in total. The topological polar surface area (TPSA) is 34.2 Å². The molecule has 1 aliphatic carbocycles. The Labute approximate surface area is 304 Å². The van der Waals surface area contributed by atoms with Crippen molar-refractivity contribution in [3.8, 4) is 27.9 Å². The van der Waals surface area contributed by atoms with Crippen molar-refractivity contribution in [1.82, 2.24) is 9.55 Å². The van der Waals surface area contributed by atoms with E-state index in [1.807, 2.05) is 30.6 Å². The van der Waals surface area contributed by atoms with Gasteiger partial charge in [0.1, 0.15) is 11.2 Å². The number of pyridine rings is 1. The monoisotopic (exact) mass is 675 g/mol. The summed E-state index contributed by atoms with van der Waals surface area (Å²) in [5.74, 6) is 0. The molecular weight excluding hydrogens is 647 g/mol. The van der Waals surface area contributed by atoms with Gasteiger partial charge in [0, 0.05) is 44.5 Å². The van der Waals surface area contributed by atoms with Gasteiger partial charge in [-0.2, -0.15) is 0 Å². The lowest BCUT2D eigenvalue weighted by Gasteiger charge is -2.28. The predicted molar refractivity (Wildman–Crippen MR) is 220 cm³/mol. The van der Waals surface area contributed by atoms with Crippen LogP contribution in [0.1, 0.15) is 0 Å². The van der Waals surface area contributed by atoms with Crippen LogP contribution in [0.15, 0.2) is 181 Å². The van der Waals surface area contributed by atoms with E-state index in [4.69, 9.17) is 4.42 Å². The molecule has 0 radical (unpaired) electrons. The molecule has 3 heterocycles. The van der Waals surface area contributed by atoms with Gasteiger partial charge in [0.05, 0.1) is 28.6 Å². The average Bonchev–Trinajstić information content (AvgIpc) is 3.73. The maximum Gasteiger partial charge on any atom is 0.135 e. The fraction of sp³-hybridized carbons (Fsp3) is 0. The Bertz CT molecular complexity index is 3290. The number of rotatable bonds is 4. The first-order valence-corrected chi connectivity index (χ1v) is 18.0. The summed E-state index contributed by atoms with van der Waals surface area (Å²) in [5.41, 5.74) is 13.5. The highest BCUT2D eigenvalue weighted by atomic mass is 16.3. The largest absolute Gasteiger partial charge is 0.456 e. The number of aromatic nitrogens is 2. The summed E-state index contributed by atoms with van der Waals surface area (Å²) in [5, 5.41) is 9.66. The van der Waals surface area contributed by atoms with E-state index in [-0.39, 0.29) is 0 Å². The quantitative estimate of drug-likeness (QED) is 0.186. The maximum atomic E-state index is 6.24. The summed E-state index contributed by atoms with van der Waals surface area (Å²) < 4.78 is 8.68. The number of nitrogens with zero attached hydrogens (tertiary/aromatic N) is 3. The molecule has 0 bridgehead atoms. The molecule has 0 atom stereocenters. The van der Waals surface area contributed by atoms with E-state index in [0.29, 0.717) is 0 Å². The Morgan fingerprint density at radius 2 is 1.21 bits per heavy atom. The molecule has 246 valence electrons. The lowest BCUT2D eigenvalue weighted by molar-refractivity contribution is 0.669. The molecule has 4 heteroatoms. The average molecular weight is 676 g/mol. The lowest BCUT2D eigenvalue weighted by atomic mass is 9.92. The first-order chi connectivity index (χ1) is 26.3. The normalized spacial score (nSPS) is 12.2. The Morgan fingerprint density at radius 3 is 2.11 bits per heavy atom. The molecule has 3 aromatic heterocycles. The summed E-state index contributed by atoms with van der Waals surface area (Å²) in [6.07, 6.45) is 3.80. The third-order valence-electron chi connectivity index (χ3n) is 11.2. The van der Waals surface area contributed by atoms with E-state index in [1.54, 1.807) is 0 Å². The van der Waals surface area contributed by atoms with Crippen LogP contribution in [0.2, 0.25) is 0 Å².